The smallest absolute Gasteiger partial charge is 0.0477 e. The minimum absolute atomic E-state index is 0.294. The number of anilines is 1. The molecule has 3 heteroatoms. The molecule has 2 atom stereocenters. The van der Waals surface area contributed by atoms with Crippen LogP contribution in [0.1, 0.15) is 37.7 Å². The predicted molar refractivity (Wildman–Crippen MR) is 90.1 cm³/mol. The number of aliphatic hydroxyl groups is 1. The maximum atomic E-state index is 9.77. The zero-order valence-corrected chi connectivity index (χ0v) is 13.8. The molecule has 1 saturated heterocycles. The van der Waals surface area contributed by atoms with Crippen molar-refractivity contribution in [3.8, 4) is 0 Å². The molecule has 3 nitrogen and oxygen atoms in total. The molecule has 0 radical (unpaired) electrons. The molecule has 0 aromatic heterocycles. The van der Waals surface area contributed by atoms with Crippen molar-refractivity contribution in [2.45, 2.75) is 32.1 Å². The van der Waals surface area contributed by atoms with Gasteiger partial charge in [-0.3, -0.25) is 0 Å². The van der Waals surface area contributed by atoms with Gasteiger partial charge in [0.1, 0.15) is 0 Å². The standard InChI is InChI=1S/C18H30N2O/c1-4-5-11-20-12-10-18(16(13-20)14-21)15-6-8-17(9-7-15)19(2)3/h6-9,16,18,21H,4-5,10-14H2,1-3H3/t16-,18-/m1/s1. The van der Waals surface area contributed by atoms with Crippen LogP contribution < -0.4 is 4.90 Å². The Labute approximate surface area is 129 Å². The summed E-state index contributed by atoms with van der Waals surface area (Å²) >= 11 is 0. The second kappa shape index (κ2) is 7.81. The number of hydrogen-bond acceptors (Lipinski definition) is 3. The number of aliphatic hydroxyl groups excluding tert-OH is 1. The molecule has 2 rings (SSSR count). The highest BCUT2D eigenvalue weighted by Crippen LogP contribution is 2.33. The molecular weight excluding hydrogens is 260 g/mol. The number of nitrogens with zero attached hydrogens (tertiary/aromatic N) is 2. The zero-order chi connectivity index (χ0) is 15.2. The van der Waals surface area contributed by atoms with Crippen molar-refractivity contribution in [3.05, 3.63) is 29.8 Å². The van der Waals surface area contributed by atoms with E-state index in [1.165, 1.54) is 30.6 Å². The fraction of sp³-hybridized carbons (Fsp3) is 0.667. The quantitative estimate of drug-likeness (QED) is 0.872. The minimum Gasteiger partial charge on any atom is -0.396 e. The molecule has 1 aromatic rings. The van der Waals surface area contributed by atoms with E-state index in [0.29, 0.717) is 18.4 Å². The van der Waals surface area contributed by atoms with E-state index in [4.69, 9.17) is 0 Å². The van der Waals surface area contributed by atoms with E-state index in [1.54, 1.807) is 0 Å². The molecule has 0 spiro atoms. The molecular formula is C18H30N2O. The fourth-order valence-electron chi connectivity index (χ4n) is 3.34. The SMILES string of the molecule is CCCCN1CC[C@H](c2ccc(N(C)C)cc2)[C@@H](CO)C1. The third-order valence-electron chi connectivity index (χ3n) is 4.72. The summed E-state index contributed by atoms with van der Waals surface area (Å²) in [4.78, 5) is 4.65. The van der Waals surface area contributed by atoms with Crippen LogP contribution in [0.4, 0.5) is 5.69 Å². The van der Waals surface area contributed by atoms with E-state index in [0.717, 1.165) is 19.5 Å². The second-order valence-electron chi connectivity index (χ2n) is 6.48. The lowest BCUT2D eigenvalue weighted by Gasteiger charge is -2.38. The van der Waals surface area contributed by atoms with Crippen LogP contribution >= 0.6 is 0 Å². The molecule has 1 fully saturated rings. The summed E-state index contributed by atoms with van der Waals surface area (Å²) in [6.45, 7) is 5.91. The summed E-state index contributed by atoms with van der Waals surface area (Å²) in [5, 5.41) is 9.77. The maximum Gasteiger partial charge on any atom is 0.0477 e. The van der Waals surface area contributed by atoms with Crippen LogP contribution in [0.2, 0.25) is 0 Å². The van der Waals surface area contributed by atoms with Crippen LogP contribution in [-0.2, 0) is 0 Å². The first-order chi connectivity index (χ1) is 10.2. The van der Waals surface area contributed by atoms with Crippen molar-refractivity contribution in [1.29, 1.82) is 0 Å². The molecule has 0 bridgehead atoms. The van der Waals surface area contributed by atoms with E-state index in [2.05, 4.69) is 55.1 Å². The fourth-order valence-corrected chi connectivity index (χ4v) is 3.34. The molecule has 0 unspecified atom stereocenters. The number of rotatable bonds is 6. The maximum absolute atomic E-state index is 9.77. The van der Waals surface area contributed by atoms with E-state index >= 15 is 0 Å². The Balaban J connectivity index is 2.02. The van der Waals surface area contributed by atoms with Crippen molar-refractivity contribution >= 4 is 5.69 Å². The monoisotopic (exact) mass is 290 g/mol. The number of piperidine rings is 1. The molecule has 118 valence electrons. The van der Waals surface area contributed by atoms with Crippen molar-refractivity contribution in [3.63, 3.8) is 0 Å². The normalized spacial score (nSPS) is 23.2. The zero-order valence-electron chi connectivity index (χ0n) is 13.8. The van der Waals surface area contributed by atoms with Crippen molar-refractivity contribution in [2.24, 2.45) is 5.92 Å². The van der Waals surface area contributed by atoms with Crippen LogP contribution in [0.3, 0.4) is 0 Å². The minimum atomic E-state index is 0.294. The molecule has 1 aromatic carbocycles. The number of unbranched alkanes of at least 4 members (excludes halogenated alkanes) is 1. The van der Waals surface area contributed by atoms with Gasteiger partial charge in [0, 0.05) is 38.9 Å². The van der Waals surface area contributed by atoms with Crippen LogP contribution in [-0.4, -0.2) is 50.3 Å². The topological polar surface area (TPSA) is 26.7 Å². The molecule has 0 saturated carbocycles. The first kappa shape index (κ1) is 16.3. The van der Waals surface area contributed by atoms with Crippen LogP contribution in [0.15, 0.2) is 24.3 Å². The van der Waals surface area contributed by atoms with E-state index in [-0.39, 0.29) is 0 Å². The Morgan fingerprint density at radius 3 is 2.52 bits per heavy atom. The van der Waals surface area contributed by atoms with Gasteiger partial charge in [0.2, 0.25) is 0 Å². The van der Waals surface area contributed by atoms with Gasteiger partial charge in [-0.2, -0.15) is 0 Å². The van der Waals surface area contributed by atoms with Crippen LogP contribution in [0.25, 0.3) is 0 Å². The summed E-state index contributed by atoms with van der Waals surface area (Å²) in [6.07, 6.45) is 3.67. The van der Waals surface area contributed by atoms with Crippen LogP contribution in [0.5, 0.6) is 0 Å². The summed E-state index contributed by atoms with van der Waals surface area (Å²) in [6, 6.07) is 8.86. The Morgan fingerprint density at radius 2 is 1.95 bits per heavy atom. The highest BCUT2D eigenvalue weighted by Gasteiger charge is 2.29. The highest BCUT2D eigenvalue weighted by molar-refractivity contribution is 5.46. The largest absolute Gasteiger partial charge is 0.396 e. The van der Waals surface area contributed by atoms with Crippen molar-refractivity contribution in [2.75, 3.05) is 45.2 Å². The highest BCUT2D eigenvalue weighted by atomic mass is 16.3. The van der Waals surface area contributed by atoms with Crippen molar-refractivity contribution < 1.29 is 5.11 Å². The Hall–Kier alpha value is -1.06. The third kappa shape index (κ3) is 4.21. The Morgan fingerprint density at radius 1 is 1.24 bits per heavy atom. The van der Waals surface area contributed by atoms with Gasteiger partial charge in [-0.05, 0) is 49.5 Å². The van der Waals surface area contributed by atoms with Gasteiger partial charge in [0.25, 0.3) is 0 Å². The summed E-state index contributed by atoms with van der Waals surface area (Å²) < 4.78 is 0. The average molecular weight is 290 g/mol. The van der Waals surface area contributed by atoms with Crippen LogP contribution in [0, 0.1) is 5.92 Å². The molecule has 0 aliphatic carbocycles. The summed E-state index contributed by atoms with van der Waals surface area (Å²) in [7, 11) is 4.13. The third-order valence-corrected chi connectivity index (χ3v) is 4.72. The Bertz CT molecular complexity index is 416. The van der Waals surface area contributed by atoms with E-state index in [9.17, 15) is 5.11 Å². The van der Waals surface area contributed by atoms with Gasteiger partial charge in [-0.1, -0.05) is 25.5 Å². The van der Waals surface area contributed by atoms with Gasteiger partial charge < -0.3 is 14.9 Å². The molecule has 1 aliphatic heterocycles. The van der Waals surface area contributed by atoms with Gasteiger partial charge in [0.15, 0.2) is 0 Å². The lowest BCUT2D eigenvalue weighted by molar-refractivity contribution is 0.101. The molecule has 1 aliphatic rings. The first-order valence-electron chi connectivity index (χ1n) is 8.26. The Kier molecular flexibility index (Phi) is 6.07. The second-order valence-corrected chi connectivity index (χ2v) is 6.48. The van der Waals surface area contributed by atoms with Gasteiger partial charge in [-0.15, -0.1) is 0 Å². The average Bonchev–Trinajstić information content (AvgIpc) is 2.52. The van der Waals surface area contributed by atoms with Crippen molar-refractivity contribution in [1.82, 2.24) is 4.90 Å². The number of likely N-dealkylation sites (tertiary alicyclic amines) is 1. The number of benzene rings is 1. The lowest BCUT2D eigenvalue weighted by atomic mass is 9.80. The first-order valence-corrected chi connectivity index (χ1v) is 8.26. The number of hydrogen-bond donors (Lipinski definition) is 1. The van der Waals surface area contributed by atoms with E-state index < -0.39 is 0 Å². The van der Waals surface area contributed by atoms with Gasteiger partial charge in [-0.25, -0.2) is 0 Å². The van der Waals surface area contributed by atoms with Gasteiger partial charge >= 0.3 is 0 Å². The molecule has 0 amide bonds. The predicted octanol–water partition coefficient (Wildman–Crippen LogP) is 2.95. The molecule has 21 heavy (non-hydrogen) atoms. The van der Waals surface area contributed by atoms with E-state index in [1.807, 2.05) is 0 Å². The summed E-state index contributed by atoms with van der Waals surface area (Å²) in [5.74, 6) is 0.880. The van der Waals surface area contributed by atoms with Gasteiger partial charge in [0.05, 0.1) is 0 Å². The summed E-state index contributed by atoms with van der Waals surface area (Å²) in [5.41, 5.74) is 2.62. The lowest BCUT2D eigenvalue weighted by Crippen LogP contribution is -2.41. The molecule has 1 heterocycles. The molecule has 1 N–H and O–H groups in total.